The normalized spacial score (nSPS) is 24.2. The summed E-state index contributed by atoms with van der Waals surface area (Å²) in [5, 5.41) is 3.58. The molecule has 1 saturated carbocycles. The third-order valence-corrected chi connectivity index (χ3v) is 5.11. The molecule has 0 atom stereocenters. The highest BCUT2D eigenvalue weighted by Crippen LogP contribution is 2.60. The van der Waals surface area contributed by atoms with E-state index < -0.39 is 0 Å². The monoisotopic (exact) mass is 283 g/mol. The molecule has 0 aromatic heterocycles. The minimum absolute atomic E-state index is 0.181. The number of methoxy groups -OCH3 is 1. The van der Waals surface area contributed by atoms with Crippen LogP contribution in [0.2, 0.25) is 5.02 Å². The molecular formula is C15H19ClFNO. The maximum absolute atomic E-state index is 13.3. The van der Waals surface area contributed by atoms with Crippen LogP contribution in [-0.2, 0) is 10.3 Å². The van der Waals surface area contributed by atoms with Crippen molar-refractivity contribution in [3.8, 4) is 0 Å². The number of ether oxygens (including phenoxy) is 1. The van der Waals surface area contributed by atoms with E-state index in [4.69, 9.17) is 16.3 Å². The Morgan fingerprint density at radius 1 is 1.26 bits per heavy atom. The standard InChI is InChI=1S/C15H19ClFNO/c1-19-15(11-2-3-13(17)12(16)8-11)9-14(10-15)4-6-18-7-5-14/h2-3,8,18H,4-7,9-10H2,1H3. The van der Waals surface area contributed by atoms with Gasteiger partial charge in [-0.2, -0.15) is 0 Å². The highest BCUT2D eigenvalue weighted by Gasteiger charge is 2.55. The van der Waals surface area contributed by atoms with Crippen LogP contribution in [0.3, 0.4) is 0 Å². The predicted molar refractivity (Wildman–Crippen MR) is 73.9 cm³/mol. The molecule has 19 heavy (non-hydrogen) atoms. The van der Waals surface area contributed by atoms with Crippen LogP contribution in [0.15, 0.2) is 18.2 Å². The first kappa shape index (κ1) is 13.3. The number of benzene rings is 1. The summed E-state index contributed by atoms with van der Waals surface area (Å²) in [4.78, 5) is 0. The zero-order chi connectivity index (χ0) is 13.5. The van der Waals surface area contributed by atoms with E-state index in [9.17, 15) is 4.39 Å². The molecule has 1 aromatic rings. The zero-order valence-electron chi connectivity index (χ0n) is 11.1. The van der Waals surface area contributed by atoms with Crippen LogP contribution in [0.1, 0.15) is 31.2 Å². The van der Waals surface area contributed by atoms with E-state index in [1.54, 1.807) is 19.2 Å². The lowest BCUT2D eigenvalue weighted by Gasteiger charge is -2.57. The summed E-state index contributed by atoms with van der Waals surface area (Å²) in [6, 6.07) is 4.96. The van der Waals surface area contributed by atoms with Crippen LogP contribution >= 0.6 is 11.6 Å². The molecule has 1 saturated heterocycles. The van der Waals surface area contributed by atoms with E-state index >= 15 is 0 Å². The van der Waals surface area contributed by atoms with Crippen LogP contribution in [0, 0.1) is 11.2 Å². The molecule has 0 unspecified atom stereocenters. The SMILES string of the molecule is COC1(c2ccc(F)c(Cl)c2)CC2(CCNCC2)C1. The molecule has 1 spiro atoms. The van der Waals surface area contributed by atoms with Crippen LogP contribution in [0.5, 0.6) is 0 Å². The number of piperidine rings is 1. The van der Waals surface area contributed by atoms with Crippen molar-refractivity contribution in [3.05, 3.63) is 34.6 Å². The second kappa shape index (κ2) is 4.72. The minimum Gasteiger partial charge on any atom is -0.373 e. The van der Waals surface area contributed by atoms with Crippen LogP contribution < -0.4 is 5.32 Å². The molecule has 1 aliphatic heterocycles. The van der Waals surface area contributed by atoms with Gasteiger partial charge in [0, 0.05) is 7.11 Å². The fraction of sp³-hybridized carbons (Fsp3) is 0.600. The number of hydrogen-bond acceptors (Lipinski definition) is 2. The van der Waals surface area contributed by atoms with Gasteiger partial charge in [-0.25, -0.2) is 4.39 Å². The van der Waals surface area contributed by atoms with Gasteiger partial charge < -0.3 is 10.1 Å². The molecule has 0 bridgehead atoms. The lowest BCUT2D eigenvalue weighted by molar-refractivity contribution is -0.168. The first-order valence-electron chi connectivity index (χ1n) is 6.81. The maximum Gasteiger partial charge on any atom is 0.141 e. The summed E-state index contributed by atoms with van der Waals surface area (Å²) < 4.78 is 19.1. The van der Waals surface area contributed by atoms with Crippen molar-refractivity contribution in [2.75, 3.05) is 20.2 Å². The minimum atomic E-state index is -0.368. The molecular weight excluding hydrogens is 265 g/mol. The molecule has 1 N–H and O–H groups in total. The Hall–Kier alpha value is -0.640. The van der Waals surface area contributed by atoms with Gasteiger partial charge in [0.2, 0.25) is 0 Å². The largest absolute Gasteiger partial charge is 0.373 e. The van der Waals surface area contributed by atoms with E-state index in [-0.39, 0.29) is 16.4 Å². The van der Waals surface area contributed by atoms with Gasteiger partial charge in [0.15, 0.2) is 0 Å². The Balaban J connectivity index is 1.83. The van der Waals surface area contributed by atoms with Gasteiger partial charge in [0.05, 0.1) is 10.6 Å². The number of rotatable bonds is 2. The summed E-state index contributed by atoms with van der Waals surface area (Å²) in [5.74, 6) is -0.368. The Kier molecular flexibility index (Phi) is 3.32. The Labute approximate surface area is 118 Å². The smallest absolute Gasteiger partial charge is 0.141 e. The molecule has 1 aliphatic carbocycles. The van der Waals surface area contributed by atoms with Gasteiger partial charge in [-0.3, -0.25) is 0 Å². The number of hydrogen-bond donors (Lipinski definition) is 1. The third kappa shape index (κ3) is 2.18. The predicted octanol–water partition coefficient (Wildman–Crippen LogP) is 3.48. The van der Waals surface area contributed by atoms with Crippen molar-refractivity contribution in [2.45, 2.75) is 31.3 Å². The van der Waals surface area contributed by atoms with E-state index in [0.717, 1.165) is 31.5 Å². The molecule has 104 valence electrons. The van der Waals surface area contributed by atoms with E-state index in [2.05, 4.69) is 5.32 Å². The summed E-state index contributed by atoms with van der Waals surface area (Å²) in [6.07, 6.45) is 4.43. The lowest BCUT2D eigenvalue weighted by atomic mass is 9.53. The Morgan fingerprint density at radius 2 is 1.95 bits per heavy atom. The zero-order valence-corrected chi connectivity index (χ0v) is 11.9. The molecule has 2 nitrogen and oxygen atoms in total. The molecule has 3 rings (SSSR count). The van der Waals surface area contributed by atoms with Gasteiger partial charge in [-0.15, -0.1) is 0 Å². The van der Waals surface area contributed by atoms with Crippen molar-refractivity contribution >= 4 is 11.6 Å². The maximum atomic E-state index is 13.3. The second-order valence-corrected chi connectivity index (χ2v) is 6.34. The summed E-state index contributed by atoms with van der Waals surface area (Å²) >= 11 is 5.89. The van der Waals surface area contributed by atoms with Crippen molar-refractivity contribution < 1.29 is 9.13 Å². The van der Waals surface area contributed by atoms with Gasteiger partial charge >= 0.3 is 0 Å². The quantitative estimate of drug-likeness (QED) is 0.897. The highest BCUT2D eigenvalue weighted by molar-refractivity contribution is 6.30. The van der Waals surface area contributed by atoms with Crippen LogP contribution in [0.25, 0.3) is 0 Å². The Bertz CT molecular complexity index is 477. The average Bonchev–Trinajstić information content (AvgIpc) is 2.40. The first-order chi connectivity index (χ1) is 9.09. The molecule has 0 radical (unpaired) electrons. The molecule has 0 amide bonds. The fourth-order valence-electron chi connectivity index (χ4n) is 3.72. The van der Waals surface area contributed by atoms with Crippen LogP contribution in [0.4, 0.5) is 4.39 Å². The molecule has 1 heterocycles. The van der Waals surface area contributed by atoms with E-state index in [1.165, 1.54) is 18.9 Å². The van der Waals surface area contributed by atoms with E-state index in [0.29, 0.717) is 5.41 Å². The van der Waals surface area contributed by atoms with Crippen molar-refractivity contribution in [3.63, 3.8) is 0 Å². The summed E-state index contributed by atoms with van der Waals surface area (Å²) in [7, 11) is 1.74. The molecule has 2 fully saturated rings. The number of halogens is 2. The highest BCUT2D eigenvalue weighted by atomic mass is 35.5. The Morgan fingerprint density at radius 3 is 2.53 bits per heavy atom. The summed E-state index contributed by atoms with van der Waals surface area (Å²) in [6.45, 7) is 2.17. The van der Waals surface area contributed by atoms with Gasteiger partial charge in [0.1, 0.15) is 5.82 Å². The van der Waals surface area contributed by atoms with Crippen LogP contribution in [-0.4, -0.2) is 20.2 Å². The topological polar surface area (TPSA) is 21.3 Å². The second-order valence-electron chi connectivity index (χ2n) is 5.93. The van der Waals surface area contributed by atoms with Gasteiger partial charge in [0.25, 0.3) is 0 Å². The van der Waals surface area contributed by atoms with Crippen molar-refractivity contribution in [1.29, 1.82) is 0 Å². The number of nitrogens with one attached hydrogen (secondary N) is 1. The average molecular weight is 284 g/mol. The molecule has 1 aromatic carbocycles. The third-order valence-electron chi connectivity index (χ3n) is 4.82. The lowest BCUT2D eigenvalue weighted by Crippen LogP contribution is -2.54. The molecule has 2 aliphatic rings. The fourth-order valence-corrected chi connectivity index (χ4v) is 3.90. The van der Waals surface area contributed by atoms with Crippen molar-refractivity contribution in [2.24, 2.45) is 5.41 Å². The molecule has 4 heteroatoms. The van der Waals surface area contributed by atoms with Gasteiger partial charge in [-0.05, 0) is 61.9 Å². The first-order valence-corrected chi connectivity index (χ1v) is 7.18. The van der Waals surface area contributed by atoms with E-state index in [1.807, 2.05) is 0 Å². The summed E-state index contributed by atoms with van der Waals surface area (Å²) in [5.41, 5.74) is 1.14. The van der Waals surface area contributed by atoms with Crippen molar-refractivity contribution in [1.82, 2.24) is 5.32 Å². The van der Waals surface area contributed by atoms with Gasteiger partial charge in [-0.1, -0.05) is 17.7 Å².